The van der Waals surface area contributed by atoms with Gasteiger partial charge in [0.1, 0.15) is 0 Å². The van der Waals surface area contributed by atoms with Gasteiger partial charge < -0.3 is 5.11 Å². The topological polar surface area (TPSA) is 66.4 Å². The molecule has 0 saturated carbocycles. The Hall–Kier alpha value is -1.37. The van der Waals surface area contributed by atoms with Crippen LogP contribution in [0.4, 0.5) is 5.69 Å². The number of hydrogen-bond acceptors (Lipinski definition) is 3. The number of halogens is 1. The van der Waals surface area contributed by atoms with E-state index in [9.17, 15) is 8.42 Å². The highest BCUT2D eigenvalue weighted by atomic mass is 79.9. The molecule has 0 saturated heterocycles. The summed E-state index contributed by atoms with van der Waals surface area (Å²) < 4.78 is 28.3. The van der Waals surface area contributed by atoms with Crippen LogP contribution in [-0.4, -0.2) is 13.5 Å². The van der Waals surface area contributed by atoms with Gasteiger partial charge in [-0.05, 0) is 54.8 Å². The van der Waals surface area contributed by atoms with Crippen molar-refractivity contribution in [3.8, 4) is 0 Å². The summed E-state index contributed by atoms with van der Waals surface area (Å²) in [5.74, 6) is 0. The zero-order chi connectivity index (χ0) is 15.6. The number of aliphatic hydroxyl groups is 1. The molecule has 112 valence electrons. The molecule has 0 heterocycles. The molecule has 0 spiro atoms. The Labute approximate surface area is 133 Å². The minimum atomic E-state index is -3.65. The Balaban J connectivity index is 2.39. The normalized spacial score (nSPS) is 11.4. The van der Waals surface area contributed by atoms with Crippen molar-refractivity contribution in [2.75, 3.05) is 4.72 Å². The summed E-state index contributed by atoms with van der Waals surface area (Å²) >= 11 is 3.35. The molecule has 0 fully saturated rings. The third kappa shape index (κ3) is 3.64. The summed E-state index contributed by atoms with van der Waals surface area (Å²) in [7, 11) is -3.65. The molecule has 0 aliphatic rings. The summed E-state index contributed by atoms with van der Waals surface area (Å²) in [6, 6.07) is 10.0. The highest BCUT2D eigenvalue weighted by molar-refractivity contribution is 9.10. The summed E-state index contributed by atoms with van der Waals surface area (Å²) in [5.41, 5.74) is 2.77. The number of aliphatic hydroxyl groups excluding tert-OH is 1. The number of sulfonamides is 1. The number of nitrogens with one attached hydrogen (secondary N) is 1. The van der Waals surface area contributed by atoms with E-state index in [4.69, 9.17) is 5.11 Å². The fourth-order valence-corrected chi connectivity index (χ4v) is 3.32. The average Bonchev–Trinajstić information content (AvgIpc) is 2.44. The van der Waals surface area contributed by atoms with E-state index >= 15 is 0 Å². The van der Waals surface area contributed by atoms with Gasteiger partial charge in [-0.1, -0.05) is 28.1 Å². The second kappa shape index (κ2) is 6.17. The fourth-order valence-electron chi connectivity index (χ4n) is 1.87. The largest absolute Gasteiger partial charge is 0.392 e. The van der Waals surface area contributed by atoms with Gasteiger partial charge in [0, 0.05) is 4.47 Å². The van der Waals surface area contributed by atoms with Gasteiger partial charge in [-0.15, -0.1) is 0 Å². The molecule has 0 bridgehead atoms. The first kappa shape index (κ1) is 16.0. The second-order valence-electron chi connectivity index (χ2n) is 4.82. The summed E-state index contributed by atoms with van der Waals surface area (Å²) in [6.07, 6.45) is 0. The molecule has 2 N–H and O–H groups in total. The van der Waals surface area contributed by atoms with E-state index in [1.165, 1.54) is 0 Å². The molecule has 0 aliphatic heterocycles. The standard InChI is InChI=1S/C15H16BrNO3S/c1-10-3-4-12(9-18)8-15(10)17-21(19,20)13-5-6-14(16)11(2)7-13/h3-8,17-18H,9H2,1-2H3. The summed E-state index contributed by atoms with van der Waals surface area (Å²) in [6.45, 7) is 3.51. The third-order valence-electron chi connectivity index (χ3n) is 3.17. The fraction of sp³-hybridized carbons (Fsp3) is 0.200. The van der Waals surface area contributed by atoms with Crippen molar-refractivity contribution in [2.45, 2.75) is 25.3 Å². The first-order valence-corrected chi connectivity index (χ1v) is 8.60. The smallest absolute Gasteiger partial charge is 0.261 e. The van der Waals surface area contributed by atoms with Crippen LogP contribution in [0.5, 0.6) is 0 Å². The van der Waals surface area contributed by atoms with Gasteiger partial charge in [0.15, 0.2) is 0 Å². The zero-order valence-corrected chi connectivity index (χ0v) is 14.1. The average molecular weight is 370 g/mol. The van der Waals surface area contributed by atoms with Gasteiger partial charge in [0.2, 0.25) is 0 Å². The van der Waals surface area contributed by atoms with Crippen molar-refractivity contribution in [1.29, 1.82) is 0 Å². The molecular formula is C15H16BrNO3S. The van der Waals surface area contributed by atoms with Crippen molar-refractivity contribution in [3.05, 3.63) is 57.6 Å². The molecule has 0 radical (unpaired) electrons. The van der Waals surface area contributed by atoms with Crippen molar-refractivity contribution in [1.82, 2.24) is 0 Å². The Morgan fingerprint density at radius 3 is 2.43 bits per heavy atom. The molecule has 2 aromatic rings. The van der Waals surface area contributed by atoms with Gasteiger partial charge in [-0.2, -0.15) is 0 Å². The maximum atomic E-state index is 12.4. The van der Waals surface area contributed by atoms with Crippen molar-refractivity contribution >= 4 is 31.6 Å². The predicted molar refractivity (Wildman–Crippen MR) is 86.8 cm³/mol. The highest BCUT2D eigenvalue weighted by Gasteiger charge is 2.16. The van der Waals surface area contributed by atoms with Crippen LogP contribution < -0.4 is 4.72 Å². The second-order valence-corrected chi connectivity index (χ2v) is 7.36. The minimum Gasteiger partial charge on any atom is -0.392 e. The molecule has 21 heavy (non-hydrogen) atoms. The zero-order valence-electron chi connectivity index (χ0n) is 11.7. The van der Waals surface area contributed by atoms with Crippen molar-refractivity contribution in [3.63, 3.8) is 0 Å². The molecule has 6 heteroatoms. The van der Waals surface area contributed by atoms with E-state index in [1.807, 2.05) is 13.8 Å². The lowest BCUT2D eigenvalue weighted by Crippen LogP contribution is -2.14. The number of hydrogen-bond donors (Lipinski definition) is 2. The molecular weight excluding hydrogens is 354 g/mol. The van der Waals surface area contributed by atoms with Crippen LogP contribution >= 0.6 is 15.9 Å². The van der Waals surface area contributed by atoms with E-state index < -0.39 is 10.0 Å². The van der Waals surface area contributed by atoms with Gasteiger partial charge in [0.25, 0.3) is 10.0 Å². The lowest BCUT2D eigenvalue weighted by molar-refractivity contribution is 0.282. The number of benzene rings is 2. The van der Waals surface area contributed by atoms with E-state index in [1.54, 1.807) is 36.4 Å². The molecule has 0 unspecified atom stereocenters. The van der Waals surface area contributed by atoms with Crippen LogP contribution in [0.25, 0.3) is 0 Å². The highest BCUT2D eigenvalue weighted by Crippen LogP contribution is 2.24. The van der Waals surface area contributed by atoms with E-state index in [2.05, 4.69) is 20.7 Å². The Morgan fingerprint density at radius 2 is 1.81 bits per heavy atom. The molecule has 0 atom stereocenters. The van der Waals surface area contributed by atoms with Gasteiger partial charge in [0.05, 0.1) is 17.2 Å². The van der Waals surface area contributed by atoms with Crippen LogP contribution in [0.1, 0.15) is 16.7 Å². The molecule has 0 aromatic heterocycles. The maximum Gasteiger partial charge on any atom is 0.261 e. The van der Waals surface area contributed by atoms with Gasteiger partial charge >= 0.3 is 0 Å². The van der Waals surface area contributed by atoms with Crippen LogP contribution in [0.3, 0.4) is 0 Å². The number of anilines is 1. The Bertz CT molecular complexity index is 772. The molecule has 2 rings (SSSR count). The molecule has 0 aliphatic carbocycles. The van der Waals surface area contributed by atoms with Gasteiger partial charge in [-0.3, -0.25) is 4.72 Å². The molecule has 0 amide bonds. The van der Waals surface area contributed by atoms with Crippen LogP contribution in [-0.2, 0) is 16.6 Å². The quantitative estimate of drug-likeness (QED) is 0.867. The van der Waals surface area contributed by atoms with Crippen molar-refractivity contribution in [2.24, 2.45) is 0 Å². The van der Waals surface area contributed by atoms with E-state index in [0.717, 1.165) is 15.6 Å². The van der Waals surface area contributed by atoms with E-state index in [0.29, 0.717) is 11.3 Å². The Morgan fingerprint density at radius 1 is 1.10 bits per heavy atom. The summed E-state index contributed by atoms with van der Waals surface area (Å²) in [4.78, 5) is 0.206. The van der Waals surface area contributed by atoms with Crippen LogP contribution in [0.2, 0.25) is 0 Å². The third-order valence-corrected chi connectivity index (χ3v) is 5.42. The van der Waals surface area contributed by atoms with Crippen LogP contribution in [0, 0.1) is 13.8 Å². The monoisotopic (exact) mass is 369 g/mol. The SMILES string of the molecule is Cc1cc(S(=O)(=O)Nc2cc(CO)ccc2C)ccc1Br. The minimum absolute atomic E-state index is 0.133. The van der Waals surface area contributed by atoms with Gasteiger partial charge in [-0.25, -0.2) is 8.42 Å². The van der Waals surface area contributed by atoms with E-state index in [-0.39, 0.29) is 11.5 Å². The number of aryl methyl sites for hydroxylation is 2. The number of rotatable bonds is 4. The van der Waals surface area contributed by atoms with Crippen LogP contribution in [0.15, 0.2) is 45.8 Å². The first-order valence-electron chi connectivity index (χ1n) is 6.33. The van der Waals surface area contributed by atoms with Crippen molar-refractivity contribution < 1.29 is 13.5 Å². The Kier molecular flexibility index (Phi) is 4.70. The predicted octanol–water partition coefficient (Wildman–Crippen LogP) is 3.36. The molecule has 4 nitrogen and oxygen atoms in total. The first-order chi connectivity index (χ1) is 9.83. The molecule has 2 aromatic carbocycles. The maximum absolute atomic E-state index is 12.4. The lowest BCUT2D eigenvalue weighted by atomic mass is 10.1. The lowest BCUT2D eigenvalue weighted by Gasteiger charge is -2.12. The summed E-state index contributed by atoms with van der Waals surface area (Å²) in [5, 5.41) is 9.15.